The molecule has 1 aromatic rings. The van der Waals surface area contributed by atoms with Crippen LogP contribution in [0.2, 0.25) is 0 Å². The van der Waals surface area contributed by atoms with Gasteiger partial charge in [-0.1, -0.05) is 56.7 Å². The van der Waals surface area contributed by atoms with Crippen molar-refractivity contribution < 1.29 is 9.53 Å². The Kier molecular flexibility index (Phi) is 8.41. The molecular formula is C22H30O2S. The molecule has 0 aromatic heterocycles. The minimum absolute atomic E-state index is 0.0249. The van der Waals surface area contributed by atoms with Crippen molar-refractivity contribution in [2.75, 3.05) is 0 Å². The van der Waals surface area contributed by atoms with E-state index in [0.29, 0.717) is 0 Å². The van der Waals surface area contributed by atoms with Crippen LogP contribution in [0, 0.1) is 12.3 Å². The maximum Gasteiger partial charge on any atom is 0.322 e. The highest BCUT2D eigenvalue weighted by Gasteiger charge is 2.48. The number of carbonyl (C=O) groups is 1. The number of terminal acetylenes is 1. The monoisotopic (exact) mass is 358 g/mol. The van der Waals surface area contributed by atoms with Gasteiger partial charge in [0.25, 0.3) is 0 Å². The molecule has 136 valence electrons. The fourth-order valence-electron chi connectivity index (χ4n) is 3.45. The normalized spacial score (nSPS) is 22.6. The summed E-state index contributed by atoms with van der Waals surface area (Å²) in [5.41, 5.74) is 0. The predicted octanol–water partition coefficient (Wildman–Crippen LogP) is 6.00. The Morgan fingerprint density at radius 2 is 1.76 bits per heavy atom. The van der Waals surface area contributed by atoms with Gasteiger partial charge in [-0.15, -0.1) is 24.1 Å². The number of esters is 1. The van der Waals surface area contributed by atoms with Gasteiger partial charge >= 0.3 is 5.97 Å². The van der Waals surface area contributed by atoms with Crippen LogP contribution in [0.5, 0.6) is 0 Å². The van der Waals surface area contributed by atoms with Crippen molar-refractivity contribution in [2.24, 2.45) is 0 Å². The lowest BCUT2D eigenvalue weighted by Gasteiger charge is -2.24. The molecule has 1 saturated heterocycles. The van der Waals surface area contributed by atoms with Crippen molar-refractivity contribution >= 4 is 17.7 Å². The number of ether oxygens (including phenoxy) is 1. The summed E-state index contributed by atoms with van der Waals surface area (Å²) >= 11 is 1.69. The van der Waals surface area contributed by atoms with Crippen LogP contribution >= 0.6 is 11.8 Å². The molecule has 1 aromatic carbocycles. The molecule has 0 aliphatic carbocycles. The summed E-state index contributed by atoms with van der Waals surface area (Å²) < 4.78 is 5.11. The van der Waals surface area contributed by atoms with Gasteiger partial charge in [0.05, 0.1) is 0 Å². The second-order valence-corrected chi connectivity index (χ2v) is 8.47. The first-order chi connectivity index (χ1) is 12.2. The van der Waals surface area contributed by atoms with E-state index in [-0.39, 0.29) is 12.1 Å². The maximum atomic E-state index is 12.5. The first-order valence-electron chi connectivity index (χ1n) is 9.55. The Balaban J connectivity index is 1.76. The maximum absolute atomic E-state index is 12.5. The second-order valence-electron chi connectivity index (χ2n) is 7.01. The average Bonchev–Trinajstić information content (AvgIpc) is 2.88. The lowest BCUT2D eigenvalue weighted by atomic mass is 9.96. The third-order valence-electron chi connectivity index (χ3n) is 4.76. The van der Waals surface area contributed by atoms with E-state index in [1.807, 2.05) is 25.1 Å². The quantitative estimate of drug-likeness (QED) is 0.276. The highest BCUT2D eigenvalue weighted by Crippen LogP contribution is 2.45. The fraction of sp³-hybridized carbons (Fsp3) is 0.591. The molecule has 1 aliphatic heterocycles. The predicted molar refractivity (Wildman–Crippen MR) is 106 cm³/mol. The zero-order valence-electron chi connectivity index (χ0n) is 15.3. The van der Waals surface area contributed by atoms with Crippen LogP contribution in [0.15, 0.2) is 35.2 Å². The molecule has 1 unspecified atom stereocenters. The standard InChI is InChI=1S/C22H30O2S/c1-3-4-5-6-7-8-9-10-14-17-22(18-19(2)24-21(22)23)25-20-15-12-11-13-16-20/h1,11-13,15-16,19H,4-10,14,17-18H2,2H3/t19-,22?/m0/s1. The van der Waals surface area contributed by atoms with E-state index in [1.165, 1.54) is 32.1 Å². The first kappa shape index (κ1) is 19.9. The van der Waals surface area contributed by atoms with Crippen LogP contribution in [0.3, 0.4) is 0 Å². The van der Waals surface area contributed by atoms with Crippen LogP contribution in [0.4, 0.5) is 0 Å². The molecule has 0 radical (unpaired) electrons. The summed E-state index contributed by atoms with van der Waals surface area (Å²) in [6.07, 6.45) is 16.4. The third-order valence-corrected chi connectivity index (χ3v) is 6.19. The Bertz CT molecular complexity index is 563. The number of hydrogen-bond donors (Lipinski definition) is 0. The zero-order chi connectivity index (χ0) is 18.0. The van der Waals surface area contributed by atoms with Crippen molar-refractivity contribution in [1.29, 1.82) is 0 Å². The lowest BCUT2D eigenvalue weighted by Crippen LogP contribution is -2.30. The van der Waals surface area contributed by atoms with Crippen LogP contribution in [0.1, 0.15) is 71.1 Å². The smallest absolute Gasteiger partial charge is 0.322 e. The molecule has 0 spiro atoms. The zero-order valence-corrected chi connectivity index (χ0v) is 16.2. The molecule has 1 aliphatic rings. The number of carbonyl (C=O) groups excluding carboxylic acids is 1. The number of hydrogen-bond acceptors (Lipinski definition) is 3. The topological polar surface area (TPSA) is 26.3 Å². The fourth-order valence-corrected chi connectivity index (χ4v) is 4.89. The van der Waals surface area contributed by atoms with E-state index < -0.39 is 4.75 Å². The minimum atomic E-state index is -0.395. The highest BCUT2D eigenvalue weighted by molar-refractivity contribution is 8.01. The first-order valence-corrected chi connectivity index (χ1v) is 10.4. The van der Waals surface area contributed by atoms with Crippen LogP contribution in [-0.4, -0.2) is 16.8 Å². The van der Waals surface area contributed by atoms with Gasteiger partial charge < -0.3 is 4.74 Å². The van der Waals surface area contributed by atoms with Crippen molar-refractivity contribution in [2.45, 2.75) is 86.9 Å². The molecule has 2 atom stereocenters. The summed E-state index contributed by atoms with van der Waals surface area (Å²) in [7, 11) is 0. The number of benzene rings is 1. The molecular weight excluding hydrogens is 328 g/mol. The largest absolute Gasteiger partial charge is 0.462 e. The van der Waals surface area contributed by atoms with E-state index in [0.717, 1.165) is 37.0 Å². The van der Waals surface area contributed by atoms with Gasteiger partial charge in [-0.2, -0.15) is 0 Å². The van der Waals surface area contributed by atoms with Crippen molar-refractivity contribution in [3.8, 4) is 12.3 Å². The molecule has 2 rings (SSSR count). The summed E-state index contributed by atoms with van der Waals surface area (Å²) in [5.74, 6) is 2.67. The molecule has 0 N–H and O–H groups in total. The van der Waals surface area contributed by atoms with Crippen molar-refractivity contribution in [3.05, 3.63) is 30.3 Å². The molecule has 0 saturated carbocycles. The molecule has 1 fully saturated rings. The van der Waals surface area contributed by atoms with Gasteiger partial charge in [-0.05, 0) is 31.9 Å². The van der Waals surface area contributed by atoms with Crippen molar-refractivity contribution in [3.63, 3.8) is 0 Å². The van der Waals surface area contributed by atoms with Gasteiger partial charge in [0, 0.05) is 17.7 Å². The molecule has 25 heavy (non-hydrogen) atoms. The molecule has 0 amide bonds. The average molecular weight is 359 g/mol. The number of rotatable bonds is 11. The Labute approximate surface area is 157 Å². The molecule has 3 heteroatoms. The highest BCUT2D eigenvalue weighted by atomic mass is 32.2. The molecule has 1 heterocycles. The lowest BCUT2D eigenvalue weighted by molar-refractivity contribution is -0.142. The summed E-state index contributed by atoms with van der Waals surface area (Å²) in [5, 5.41) is 0. The van der Waals surface area contributed by atoms with Gasteiger partial charge in [-0.3, -0.25) is 4.79 Å². The Morgan fingerprint density at radius 3 is 2.36 bits per heavy atom. The second kappa shape index (κ2) is 10.6. The van der Waals surface area contributed by atoms with Gasteiger partial charge in [0.2, 0.25) is 0 Å². The minimum Gasteiger partial charge on any atom is -0.462 e. The van der Waals surface area contributed by atoms with Gasteiger partial charge in [0.15, 0.2) is 0 Å². The number of cyclic esters (lactones) is 1. The van der Waals surface area contributed by atoms with Crippen LogP contribution < -0.4 is 0 Å². The molecule has 0 bridgehead atoms. The van der Waals surface area contributed by atoms with E-state index >= 15 is 0 Å². The van der Waals surface area contributed by atoms with Crippen LogP contribution in [-0.2, 0) is 9.53 Å². The van der Waals surface area contributed by atoms with Gasteiger partial charge in [0.1, 0.15) is 10.9 Å². The van der Waals surface area contributed by atoms with Crippen molar-refractivity contribution in [1.82, 2.24) is 0 Å². The Hall–Kier alpha value is -1.40. The van der Waals surface area contributed by atoms with Gasteiger partial charge in [-0.25, -0.2) is 0 Å². The van der Waals surface area contributed by atoms with Crippen LogP contribution in [0.25, 0.3) is 0 Å². The van der Waals surface area contributed by atoms with E-state index in [1.54, 1.807) is 11.8 Å². The number of thioether (sulfide) groups is 1. The summed E-state index contributed by atoms with van der Waals surface area (Å²) in [6, 6.07) is 10.2. The number of unbranched alkanes of at least 4 members (excludes halogenated alkanes) is 7. The Morgan fingerprint density at radius 1 is 1.12 bits per heavy atom. The summed E-state index contributed by atoms with van der Waals surface area (Å²) in [6.45, 7) is 2.00. The van der Waals surface area contributed by atoms with E-state index in [9.17, 15) is 4.79 Å². The SMILES string of the molecule is C#CCCCCCCCCCC1(Sc2ccccc2)C[C@H](C)OC1=O. The third kappa shape index (κ3) is 6.44. The van der Waals surface area contributed by atoms with E-state index in [4.69, 9.17) is 11.2 Å². The molecule has 2 nitrogen and oxygen atoms in total. The summed E-state index contributed by atoms with van der Waals surface area (Å²) in [4.78, 5) is 13.7. The van der Waals surface area contributed by atoms with E-state index in [2.05, 4.69) is 18.1 Å².